The van der Waals surface area contributed by atoms with Crippen LogP contribution < -0.4 is 0 Å². The lowest BCUT2D eigenvalue weighted by molar-refractivity contribution is -0.147. The minimum Gasteiger partial charge on any atom is -0.480 e. The highest BCUT2D eigenvalue weighted by atomic mass is 16.4. The quantitative estimate of drug-likeness (QED) is 0.819. The van der Waals surface area contributed by atoms with Crippen molar-refractivity contribution in [1.82, 2.24) is 14.7 Å². The van der Waals surface area contributed by atoms with Crippen LogP contribution >= 0.6 is 0 Å². The molecule has 114 valence electrons. The Hall–Kier alpha value is -1.30. The Morgan fingerprint density at radius 3 is 2.45 bits per heavy atom. The second-order valence-corrected chi connectivity index (χ2v) is 6.53. The van der Waals surface area contributed by atoms with E-state index in [-0.39, 0.29) is 6.03 Å². The molecule has 3 atom stereocenters. The van der Waals surface area contributed by atoms with Gasteiger partial charge in [0.1, 0.15) is 5.54 Å². The summed E-state index contributed by atoms with van der Waals surface area (Å²) in [5.74, 6) is -0.493. The van der Waals surface area contributed by atoms with Gasteiger partial charge in [0.15, 0.2) is 0 Å². The maximum atomic E-state index is 12.7. The molecule has 20 heavy (non-hydrogen) atoms. The van der Waals surface area contributed by atoms with E-state index in [4.69, 9.17) is 0 Å². The van der Waals surface area contributed by atoms with Gasteiger partial charge in [-0.2, -0.15) is 0 Å². The van der Waals surface area contributed by atoms with Crippen molar-refractivity contribution in [2.45, 2.75) is 38.3 Å². The second-order valence-electron chi connectivity index (χ2n) is 6.53. The molecule has 2 heterocycles. The Kier molecular flexibility index (Phi) is 3.95. The summed E-state index contributed by atoms with van der Waals surface area (Å²) in [5, 5.41) is 9.41. The molecule has 6 heteroatoms. The van der Waals surface area contributed by atoms with E-state index in [0.717, 1.165) is 6.42 Å². The monoisotopic (exact) mass is 283 g/mol. The fraction of sp³-hybridized carbons (Fsp3) is 0.857. The summed E-state index contributed by atoms with van der Waals surface area (Å²) >= 11 is 0. The third-order valence-corrected chi connectivity index (χ3v) is 4.84. The van der Waals surface area contributed by atoms with Crippen LogP contribution in [0.3, 0.4) is 0 Å². The zero-order valence-electron chi connectivity index (χ0n) is 12.8. The molecule has 2 saturated heterocycles. The molecule has 6 nitrogen and oxygen atoms in total. The molecule has 0 aliphatic carbocycles. The fourth-order valence-electron chi connectivity index (χ4n) is 3.44. The van der Waals surface area contributed by atoms with Gasteiger partial charge < -0.3 is 19.8 Å². The highest BCUT2D eigenvalue weighted by Crippen LogP contribution is 2.32. The molecule has 0 aromatic rings. The number of amides is 2. The number of urea groups is 1. The van der Waals surface area contributed by atoms with Gasteiger partial charge in [-0.25, -0.2) is 9.59 Å². The van der Waals surface area contributed by atoms with E-state index in [1.54, 1.807) is 11.8 Å². The molecule has 2 fully saturated rings. The van der Waals surface area contributed by atoms with Crippen molar-refractivity contribution < 1.29 is 14.7 Å². The summed E-state index contributed by atoms with van der Waals surface area (Å²) in [7, 11) is 4.04. The Morgan fingerprint density at radius 1 is 1.30 bits per heavy atom. The number of rotatable bonds is 2. The molecule has 0 aromatic carbocycles. The first-order valence-corrected chi connectivity index (χ1v) is 7.23. The number of hydrogen-bond acceptors (Lipinski definition) is 3. The van der Waals surface area contributed by atoms with Gasteiger partial charge in [0.05, 0.1) is 0 Å². The van der Waals surface area contributed by atoms with Crippen LogP contribution in [0.15, 0.2) is 0 Å². The maximum Gasteiger partial charge on any atom is 0.329 e. The van der Waals surface area contributed by atoms with Gasteiger partial charge in [-0.15, -0.1) is 0 Å². The number of carboxylic acid groups (broad SMARTS) is 1. The van der Waals surface area contributed by atoms with Crippen molar-refractivity contribution in [3.05, 3.63) is 0 Å². The summed E-state index contributed by atoms with van der Waals surface area (Å²) in [6, 6.07) is 0.223. The van der Waals surface area contributed by atoms with Crippen molar-refractivity contribution in [1.29, 1.82) is 0 Å². The van der Waals surface area contributed by atoms with Crippen LogP contribution in [0.4, 0.5) is 4.79 Å². The summed E-state index contributed by atoms with van der Waals surface area (Å²) < 4.78 is 0. The van der Waals surface area contributed by atoms with Gasteiger partial charge in [0.25, 0.3) is 0 Å². The van der Waals surface area contributed by atoms with Crippen LogP contribution in [0.1, 0.15) is 26.7 Å². The minimum absolute atomic E-state index is 0.122. The Bertz CT molecular complexity index is 412. The average molecular weight is 283 g/mol. The Labute approximate surface area is 120 Å². The van der Waals surface area contributed by atoms with Gasteiger partial charge in [0, 0.05) is 25.7 Å². The van der Waals surface area contributed by atoms with E-state index in [0.29, 0.717) is 38.0 Å². The van der Waals surface area contributed by atoms with E-state index in [9.17, 15) is 14.7 Å². The van der Waals surface area contributed by atoms with Crippen molar-refractivity contribution >= 4 is 12.0 Å². The van der Waals surface area contributed by atoms with Gasteiger partial charge in [-0.1, -0.05) is 6.92 Å². The molecule has 2 rings (SSSR count). The Balaban J connectivity index is 2.11. The molecule has 0 radical (unpaired) electrons. The van der Waals surface area contributed by atoms with Crippen LogP contribution in [0.5, 0.6) is 0 Å². The highest BCUT2D eigenvalue weighted by molar-refractivity contribution is 5.86. The molecule has 0 spiro atoms. The smallest absolute Gasteiger partial charge is 0.329 e. The third kappa shape index (κ3) is 2.37. The normalized spacial score (nSPS) is 34.0. The van der Waals surface area contributed by atoms with Crippen molar-refractivity contribution in [2.75, 3.05) is 33.7 Å². The van der Waals surface area contributed by atoms with Gasteiger partial charge in [0.2, 0.25) is 0 Å². The molecule has 2 amide bonds. The molecule has 0 bridgehead atoms. The van der Waals surface area contributed by atoms with E-state index in [1.807, 2.05) is 19.0 Å². The summed E-state index contributed by atoms with van der Waals surface area (Å²) in [6.07, 6.45) is 1.30. The summed E-state index contributed by atoms with van der Waals surface area (Å²) in [6.45, 7) is 5.72. The SMILES string of the molecule is CC1CN(C(=O)N2CCCC2(C)C(=O)O)CC1N(C)C. The van der Waals surface area contributed by atoms with Crippen molar-refractivity contribution in [3.8, 4) is 0 Å². The summed E-state index contributed by atoms with van der Waals surface area (Å²) in [5.41, 5.74) is -1.05. The van der Waals surface area contributed by atoms with Gasteiger partial charge >= 0.3 is 12.0 Å². The largest absolute Gasteiger partial charge is 0.480 e. The number of nitrogens with zero attached hydrogens (tertiary/aromatic N) is 3. The number of carbonyl (C=O) groups excluding carboxylic acids is 1. The molecule has 3 unspecified atom stereocenters. The third-order valence-electron chi connectivity index (χ3n) is 4.84. The standard InChI is InChI=1S/C14H25N3O3/c1-10-8-16(9-11(10)15(3)4)13(20)17-7-5-6-14(17,2)12(18)19/h10-11H,5-9H2,1-4H3,(H,18,19). The van der Waals surface area contributed by atoms with Crippen LogP contribution in [0, 0.1) is 5.92 Å². The molecule has 0 aromatic heterocycles. The molecule has 1 N–H and O–H groups in total. The molecule has 2 aliphatic rings. The van der Waals surface area contributed by atoms with E-state index >= 15 is 0 Å². The van der Waals surface area contributed by atoms with Crippen LogP contribution in [-0.4, -0.2) is 77.1 Å². The lowest BCUT2D eigenvalue weighted by Crippen LogP contribution is -2.55. The molecule has 0 saturated carbocycles. The minimum atomic E-state index is -1.05. The lowest BCUT2D eigenvalue weighted by atomic mass is 10.00. The lowest BCUT2D eigenvalue weighted by Gasteiger charge is -2.34. The topological polar surface area (TPSA) is 64.1 Å². The first-order valence-electron chi connectivity index (χ1n) is 7.23. The Morgan fingerprint density at radius 2 is 1.95 bits per heavy atom. The molecular weight excluding hydrogens is 258 g/mol. The maximum absolute atomic E-state index is 12.7. The average Bonchev–Trinajstić information content (AvgIpc) is 2.93. The van der Waals surface area contributed by atoms with E-state index < -0.39 is 11.5 Å². The number of likely N-dealkylation sites (N-methyl/N-ethyl adjacent to an activating group) is 1. The predicted molar refractivity (Wildman–Crippen MR) is 75.6 cm³/mol. The molecular formula is C14H25N3O3. The number of likely N-dealkylation sites (tertiary alicyclic amines) is 2. The first kappa shape index (κ1) is 15.1. The van der Waals surface area contributed by atoms with E-state index in [1.165, 1.54) is 0 Å². The second kappa shape index (κ2) is 5.24. The fourth-order valence-corrected chi connectivity index (χ4v) is 3.44. The summed E-state index contributed by atoms with van der Waals surface area (Å²) in [4.78, 5) is 29.6. The van der Waals surface area contributed by atoms with E-state index in [2.05, 4.69) is 11.8 Å². The highest BCUT2D eigenvalue weighted by Gasteiger charge is 2.48. The number of aliphatic carboxylic acids is 1. The number of carboxylic acids is 1. The zero-order valence-corrected chi connectivity index (χ0v) is 12.8. The van der Waals surface area contributed by atoms with Gasteiger partial charge in [-0.3, -0.25) is 0 Å². The van der Waals surface area contributed by atoms with Crippen LogP contribution in [-0.2, 0) is 4.79 Å². The predicted octanol–water partition coefficient (Wildman–Crippen LogP) is 0.927. The first-order chi connectivity index (χ1) is 9.27. The van der Waals surface area contributed by atoms with Crippen molar-refractivity contribution in [3.63, 3.8) is 0 Å². The van der Waals surface area contributed by atoms with Gasteiger partial charge in [-0.05, 0) is 39.8 Å². The van der Waals surface area contributed by atoms with Crippen LogP contribution in [0.2, 0.25) is 0 Å². The zero-order chi connectivity index (χ0) is 15.1. The number of hydrogen-bond donors (Lipinski definition) is 1. The van der Waals surface area contributed by atoms with Crippen molar-refractivity contribution in [2.24, 2.45) is 5.92 Å². The molecule has 2 aliphatic heterocycles. The van der Waals surface area contributed by atoms with Crippen LogP contribution in [0.25, 0.3) is 0 Å². The number of carbonyl (C=O) groups is 2.